The highest BCUT2D eigenvalue weighted by Crippen LogP contribution is 2.40. The first-order valence-corrected chi connectivity index (χ1v) is 8.25. The van der Waals surface area contributed by atoms with Crippen LogP contribution < -0.4 is 9.64 Å². The van der Waals surface area contributed by atoms with Crippen molar-refractivity contribution in [2.24, 2.45) is 0 Å². The molecule has 2 heterocycles. The predicted octanol–water partition coefficient (Wildman–Crippen LogP) is 2.45. The summed E-state index contributed by atoms with van der Waals surface area (Å²) in [5.41, 5.74) is 2.33. The van der Waals surface area contributed by atoms with Gasteiger partial charge < -0.3 is 18.9 Å². The average Bonchev–Trinajstić information content (AvgIpc) is 3.21. The number of anilines is 1. The third-order valence-corrected chi connectivity index (χ3v) is 4.38. The van der Waals surface area contributed by atoms with Gasteiger partial charge in [-0.25, -0.2) is 4.98 Å². The maximum Gasteiger partial charge on any atom is 0.325 e. The number of hydrogen-bond acceptors (Lipinski definition) is 5. The van der Waals surface area contributed by atoms with Crippen molar-refractivity contribution in [3.05, 3.63) is 42.5 Å². The van der Waals surface area contributed by atoms with Crippen molar-refractivity contribution in [3.63, 3.8) is 0 Å². The molecule has 1 aliphatic heterocycles. The van der Waals surface area contributed by atoms with Crippen molar-refractivity contribution in [1.82, 2.24) is 9.55 Å². The number of imidazole rings is 1. The van der Waals surface area contributed by atoms with Gasteiger partial charge in [-0.2, -0.15) is 0 Å². The molecule has 0 N–H and O–H groups in total. The van der Waals surface area contributed by atoms with E-state index in [9.17, 15) is 4.79 Å². The lowest BCUT2D eigenvalue weighted by Crippen LogP contribution is -2.30. The minimum atomic E-state index is -0.186. The maximum absolute atomic E-state index is 11.9. The van der Waals surface area contributed by atoms with Crippen molar-refractivity contribution < 1.29 is 14.3 Å². The SMILES string of the molecule is CCOC(=O)CN1CC(CCn2ccnc2)c2cc(OC)ccc21. The summed E-state index contributed by atoms with van der Waals surface area (Å²) in [6, 6.07) is 6.05. The van der Waals surface area contributed by atoms with Crippen LogP contribution in [0.2, 0.25) is 0 Å². The van der Waals surface area contributed by atoms with Gasteiger partial charge >= 0.3 is 5.97 Å². The molecule has 3 rings (SSSR count). The third-order valence-electron chi connectivity index (χ3n) is 4.38. The zero-order valence-corrected chi connectivity index (χ0v) is 14.1. The molecule has 0 amide bonds. The highest BCUT2D eigenvalue weighted by Gasteiger charge is 2.30. The normalized spacial score (nSPS) is 16.1. The van der Waals surface area contributed by atoms with Crippen LogP contribution in [-0.4, -0.2) is 42.3 Å². The van der Waals surface area contributed by atoms with Gasteiger partial charge in [-0.15, -0.1) is 0 Å². The summed E-state index contributed by atoms with van der Waals surface area (Å²) in [7, 11) is 1.67. The maximum atomic E-state index is 11.9. The summed E-state index contributed by atoms with van der Waals surface area (Å²) in [5, 5.41) is 0. The van der Waals surface area contributed by atoms with E-state index in [1.54, 1.807) is 13.3 Å². The molecular weight excluding hydrogens is 306 g/mol. The Morgan fingerprint density at radius 3 is 3.00 bits per heavy atom. The molecule has 2 aromatic rings. The summed E-state index contributed by atoms with van der Waals surface area (Å²) in [4.78, 5) is 18.1. The quantitative estimate of drug-likeness (QED) is 0.730. The van der Waals surface area contributed by atoms with E-state index in [0.717, 1.165) is 30.9 Å². The van der Waals surface area contributed by atoms with Gasteiger partial charge in [0.2, 0.25) is 0 Å². The van der Waals surface area contributed by atoms with Crippen molar-refractivity contribution in [3.8, 4) is 5.75 Å². The Morgan fingerprint density at radius 2 is 2.29 bits per heavy atom. The van der Waals surface area contributed by atoms with Gasteiger partial charge in [-0.3, -0.25) is 4.79 Å². The van der Waals surface area contributed by atoms with Crippen molar-refractivity contribution in [1.29, 1.82) is 0 Å². The number of aromatic nitrogens is 2. The number of ether oxygens (including phenoxy) is 2. The largest absolute Gasteiger partial charge is 0.497 e. The first-order valence-electron chi connectivity index (χ1n) is 8.25. The second-order valence-electron chi connectivity index (χ2n) is 5.90. The van der Waals surface area contributed by atoms with Crippen LogP contribution in [0.1, 0.15) is 24.8 Å². The molecule has 1 aromatic heterocycles. The van der Waals surface area contributed by atoms with Crippen molar-refractivity contribution in [2.45, 2.75) is 25.8 Å². The topological polar surface area (TPSA) is 56.6 Å². The van der Waals surface area contributed by atoms with E-state index in [-0.39, 0.29) is 12.5 Å². The molecule has 0 aliphatic carbocycles. The first kappa shape index (κ1) is 16.4. The molecule has 1 atom stereocenters. The number of rotatable bonds is 7. The van der Waals surface area contributed by atoms with Gasteiger partial charge in [0.15, 0.2) is 0 Å². The molecule has 0 saturated carbocycles. The van der Waals surface area contributed by atoms with E-state index in [2.05, 4.69) is 20.5 Å². The lowest BCUT2D eigenvalue weighted by Gasteiger charge is -2.18. The molecule has 1 unspecified atom stereocenters. The summed E-state index contributed by atoms with van der Waals surface area (Å²) in [6.45, 7) is 4.24. The van der Waals surface area contributed by atoms with Gasteiger partial charge in [0.1, 0.15) is 12.3 Å². The van der Waals surface area contributed by atoms with Crippen molar-refractivity contribution >= 4 is 11.7 Å². The average molecular weight is 329 g/mol. The molecule has 1 aliphatic rings. The van der Waals surface area contributed by atoms with Gasteiger partial charge in [0, 0.05) is 37.1 Å². The second kappa shape index (κ2) is 7.38. The molecule has 0 saturated heterocycles. The van der Waals surface area contributed by atoms with Crippen LogP contribution in [0, 0.1) is 0 Å². The number of esters is 1. The van der Waals surface area contributed by atoms with E-state index in [1.165, 1.54) is 5.56 Å². The van der Waals surface area contributed by atoms with Gasteiger partial charge in [-0.05, 0) is 37.1 Å². The predicted molar refractivity (Wildman–Crippen MR) is 91.4 cm³/mol. The molecule has 128 valence electrons. The van der Waals surface area contributed by atoms with Crippen LogP contribution in [0.15, 0.2) is 36.9 Å². The number of nitrogens with zero attached hydrogens (tertiary/aromatic N) is 3. The molecule has 0 bridgehead atoms. The molecular formula is C18H23N3O3. The standard InChI is InChI=1S/C18H23N3O3/c1-3-24-18(22)12-21-11-14(6-8-20-9-7-19-13-20)16-10-15(23-2)4-5-17(16)21/h4-5,7,9-10,13-14H,3,6,8,11-12H2,1-2H3. The Bertz CT molecular complexity index is 685. The summed E-state index contributed by atoms with van der Waals surface area (Å²) in [6.07, 6.45) is 6.57. The first-order chi connectivity index (χ1) is 11.7. The Morgan fingerprint density at radius 1 is 1.42 bits per heavy atom. The Kier molecular flexibility index (Phi) is 5.03. The smallest absolute Gasteiger partial charge is 0.325 e. The lowest BCUT2D eigenvalue weighted by molar-refractivity contribution is -0.141. The van der Waals surface area contributed by atoms with E-state index >= 15 is 0 Å². The van der Waals surface area contributed by atoms with Crippen LogP contribution in [0.25, 0.3) is 0 Å². The Hall–Kier alpha value is -2.50. The van der Waals surface area contributed by atoms with Gasteiger partial charge in [0.25, 0.3) is 0 Å². The highest BCUT2D eigenvalue weighted by molar-refractivity contribution is 5.78. The van der Waals surface area contributed by atoms with Crippen LogP contribution >= 0.6 is 0 Å². The van der Waals surface area contributed by atoms with E-state index in [4.69, 9.17) is 9.47 Å². The van der Waals surface area contributed by atoms with E-state index in [1.807, 2.05) is 31.6 Å². The number of fused-ring (bicyclic) bond motifs is 1. The minimum Gasteiger partial charge on any atom is -0.497 e. The zero-order valence-electron chi connectivity index (χ0n) is 14.1. The number of hydrogen-bond donors (Lipinski definition) is 0. The number of carbonyl (C=O) groups excluding carboxylic acids is 1. The fourth-order valence-electron chi connectivity index (χ4n) is 3.22. The van der Waals surface area contributed by atoms with Gasteiger partial charge in [-0.1, -0.05) is 0 Å². The molecule has 1 aromatic carbocycles. The monoisotopic (exact) mass is 329 g/mol. The summed E-state index contributed by atoms with van der Waals surface area (Å²) in [5.74, 6) is 1.01. The van der Waals surface area contributed by atoms with Crippen molar-refractivity contribution in [2.75, 3.05) is 31.7 Å². The zero-order chi connectivity index (χ0) is 16.9. The Balaban J connectivity index is 1.76. The highest BCUT2D eigenvalue weighted by atomic mass is 16.5. The van der Waals surface area contributed by atoms with E-state index in [0.29, 0.717) is 12.5 Å². The minimum absolute atomic E-state index is 0.186. The van der Waals surface area contributed by atoms with E-state index < -0.39 is 0 Å². The molecule has 6 heteroatoms. The van der Waals surface area contributed by atoms with Crippen LogP contribution in [0.3, 0.4) is 0 Å². The number of benzene rings is 1. The molecule has 0 radical (unpaired) electrons. The second-order valence-corrected chi connectivity index (χ2v) is 5.90. The lowest BCUT2D eigenvalue weighted by atomic mass is 9.97. The fraction of sp³-hybridized carbons (Fsp3) is 0.444. The fourth-order valence-corrected chi connectivity index (χ4v) is 3.22. The van der Waals surface area contributed by atoms with Gasteiger partial charge in [0.05, 0.1) is 20.0 Å². The molecule has 0 spiro atoms. The Labute approximate surface area is 142 Å². The number of carbonyl (C=O) groups is 1. The third kappa shape index (κ3) is 3.53. The number of aryl methyl sites for hydroxylation is 1. The number of methoxy groups -OCH3 is 1. The molecule has 0 fully saturated rings. The summed E-state index contributed by atoms with van der Waals surface area (Å²) < 4.78 is 12.5. The van der Waals surface area contributed by atoms with Crippen LogP contribution in [0.4, 0.5) is 5.69 Å². The molecule has 24 heavy (non-hydrogen) atoms. The summed E-state index contributed by atoms with van der Waals surface area (Å²) >= 11 is 0. The van der Waals surface area contributed by atoms with Crippen LogP contribution in [-0.2, 0) is 16.1 Å². The van der Waals surface area contributed by atoms with Crippen LogP contribution in [0.5, 0.6) is 5.75 Å². The molecule has 6 nitrogen and oxygen atoms in total.